The molecule has 6 nitrogen and oxygen atoms in total. The van der Waals surface area contributed by atoms with Crippen LogP contribution in [0.3, 0.4) is 0 Å². The van der Waals surface area contributed by atoms with Crippen LogP contribution in [-0.2, 0) is 14.8 Å². The average Bonchev–Trinajstić information content (AvgIpc) is 2.26. The summed E-state index contributed by atoms with van der Waals surface area (Å²) < 4.78 is 30.9. The first-order chi connectivity index (χ1) is 8.73. The summed E-state index contributed by atoms with van der Waals surface area (Å²) in [6, 6.07) is 4.32. The zero-order chi connectivity index (χ0) is 14.6. The number of aromatic carboxylic acids is 1. The van der Waals surface area contributed by atoms with Crippen LogP contribution in [0.2, 0.25) is 0 Å². The number of anilines is 1. The van der Waals surface area contributed by atoms with Crippen molar-refractivity contribution >= 4 is 21.7 Å². The van der Waals surface area contributed by atoms with Gasteiger partial charge in [0.2, 0.25) is 10.0 Å². The summed E-state index contributed by atoms with van der Waals surface area (Å²) in [5, 5.41) is 8.92. The van der Waals surface area contributed by atoms with E-state index in [1.165, 1.54) is 19.2 Å². The Kier molecular flexibility index (Phi) is 4.90. The summed E-state index contributed by atoms with van der Waals surface area (Å²) in [5.74, 6) is -1.30. The highest BCUT2D eigenvalue weighted by molar-refractivity contribution is 7.92. The van der Waals surface area contributed by atoms with Crippen LogP contribution in [0.15, 0.2) is 18.2 Å². The Morgan fingerprint density at radius 1 is 1.42 bits per heavy atom. The van der Waals surface area contributed by atoms with Gasteiger partial charge >= 0.3 is 5.97 Å². The van der Waals surface area contributed by atoms with E-state index in [0.717, 1.165) is 0 Å². The standard InChI is InChI=1S/C12H17NO5S/c1-8-4-10(12(14)15)6-11(5-8)13-19(16,17)7-9(2)18-3/h4-6,9,13H,7H2,1-3H3,(H,14,15). The number of rotatable bonds is 6. The molecular weight excluding hydrogens is 270 g/mol. The van der Waals surface area contributed by atoms with Crippen LogP contribution in [0, 0.1) is 6.92 Å². The lowest BCUT2D eigenvalue weighted by atomic mass is 10.1. The number of carbonyl (C=O) groups is 1. The van der Waals surface area contributed by atoms with Crippen molar-refractivity contribution < 1.29 is 23.1 Å². The molecule has 0 aliphatic heterocycles. The molecule has 0 aromatic heterocycles. The van der Waals surface area contributed by atoms with E-state index in [4.69, 9.17) is 9.84 Å². The van der Waals surface area contributed by atoms with Crippen LogP contribution >= 0.6 is 0 Å². The molecule has 0 saturated carbocycles. The van der Waals surface area contributed by atoms with E-state index in [1.807, 2.05) is 0 Å². The Morgan fingerprint density at radius 2 is 2.05 bits per heavy atom. The molecule has 0 bridgehead atoms. The molecule has 0 fully saturated rings. The van der Waals surface area contributed by atoms with Crippen LogP contribution in [-0.4, -0.2) is 38.5 Å². The zero-order valence-corrected chi connectivity index (χ0v) is 11.8. The van der Waals surface area contributed by atoms with E-state index in [2.05, 4.69) is 4.72 Å². The predicted octanol–water partition coefficient (Wildman–Crippen LogP) is 1.47. The second kappa shape index (κ2) is 6.03. The van der Waals surface area contributed by atoms with E-state index < -0.39 is 22.1 Å². The number of hydrogen-bond acceptors (Lipinski definition) is 4. The monoisotopic (exact) mass is 287 g/mol. The summed E-state index contributed by atoms with van der Waals surface area (Å²) >= 11 is 0. The first-order valence-corrected chi connectivity index (χ1v) is 7.27. The van der Waals surface area contributed by atoms with Crippen molar-refractivity contribution in [1.29, 1.82) is 0 Å². The topological polar surface area (TPSA) is 92.7 Å². The number of ether oxygens (including phenoxy) is 1. The summed E-state index contributed by atoms with van der Waals surface area (Å²) in [4.78, 5) is 10.9. The number of carboxylic acid groups (broad SMARTS) is 1. The highest BCUT2D eigenvalue weighted by Gasteiger charge is 2.16. The number of hydrogen-bond donors (Lipinski definition) is 2. The normalized spacial score (nSPS) is 13.0. The van der Waals surface area contributed by atoms with Crippen LogP contribution < -0.4 is 4.72 Å². The van der Waals surface area contributed by atoms with E-state index in [9.17, 15) is 13.2 Å². The predicted molar refractivity (Wildman–Crippen MR) is 72.0 cm³/mol. The Hall–Kier alpha value is -1.60. The number of carboxylic acids is 1. The molecule has 7 heteroatoms. The van der Waals surface area contributed by atoms with Gasteiger partial charge in [-0.1, -0.05) is 0 Å². The zero-order valence-electron chi connectivity index (χ0n) is 11.0. The van der Waals surface area contributed by atoms with E-state index in [1.54, 1.807) is 19.9 Å². The minimum absolute atomic E-state index is 0.0393. The Balaban J connectivity index is 2.96. The molecule has 1 aromatic rings. The fraction of sp³-hybridized carbons (Fsp3) is 0.417. The molecule has 1 aromatic carbocycles. The number of nitrogens with one attached hydrogen (secondary N) is 1. The minimum Gasteiger partial charge on any atom is -0.478 e. The Bertz CT molecular complexity index is 567. The summed E-state index contributed by atoms with van der Waals surface area (Å²) in [5.41, 5.74) is 0.940. The fourth-order valence-electron chi connectivity index (χ4n) is 1.56. The molecule has 1 unspecified atom stereocenters. The smallest absolute Gasteiger partial charge is 0.335 e. The summed E-state index contributed by atoms with van der Waals surface area (Å²) in [6.45, 7) is 3.33. The Morgan fingerprint density at radius 3 is 2.58 bits per heavy atom. The van der Waals surface area contributed by atoms with E-state index >= 15 is 0 Å². The quantitative estimate of drug-likeness (QED) is 0.826. The maximum absolute atomic E-state index is 11.8. The molecule has 0 aliphatic rings. The number of benzene rings is 1. The first kappa shape index (κ1) is 15.5. The molecule has 19 heavy (non-hydrogen) atoms. The lowest BCUT2D eigenvalue weighted by molar-refractivity contribution is 0.0696. The molecule has 0 amide bonds. The average molecular weight is 287 g/mol. The van der Waals surface area contributed by atoms with Gasteiger partial charge in [0.15, 0.2) is 0 Å². The highest BCUT2D eigenvalue weighted by atomic mass is 32.2. The van der Waals surface area contributed by atoms with Gasteiger partial charge in [0.1, 0.15) is 0 Å². The molecular formula is C12H17NO5S. The van der Waals surface area contributed by atoms with Gasteiger partial charge in [0.05, 0.1) is 17.4 Å². The van der Waals surface area contributed by atoms with Crippen molar-refractivity contribution in [2.45, 2.75) is 20.0 Å². The molecule has 0 saturated heterocycles. The van der Waals surface area contributed by atoms with Gasteiger partial charge in [0, 0.05) is 12.8 Å². The fourth-order valence-corrected chi connectivity index (χ4v) is 2.88. The van der Waals surface area contributed by atoms with Gasteiger partial charge in [-0.05, 0) is 37.6 Å². The molecule has 106 valence electrons. The third-order valence-corrected chi connectivity index (χ3v) is 3.91. The SMILES string of the molecule is COC(C)CS(=O)(=O)Nc1cc(C)cc(C(=O)O)c1. The number of methoxy groups -OCH3 is 1. The maximum atomic E-state index is 11.8. The molecule has 1 rings (SSSR count). The van der Waals surface area contributed by atoms with Crippen molar-refractivity contribution in [3.05, 3.63) is 29.3 Å². The second-order valence-corrected chi connectivity index (χ2v) is 6.09. The summed E-state index contributed by atoms with van der Waals surface area (Å²) in [7, 11) is -2.15. The highest BCUT2D eigenvalue weighted by Crippen LogP contribution is 2.16. The Labute approximate surface area is 112 Å². The van der Waals surface area contributed by atoms with Gasteiger partial charge in [-0.3, -0.25) is 4.72 Å². The van der Waals surface area contributed by atoms with Gasteiger partial charge in [0.25, 0.3) is 0 Å². The van der Waals surface area contributed by atoms with Gasteiger partial charge in [-0.2, -0.15) is 0 Å². The molecule has 0 radical (unpaired) electrons. The molecule has 0 spiro atoms. The van der Waals surface area contributed by atoms with Gasteiger partial charge < -0.3 is 9.84 Å². The third kappa shape index (κ3) is 4.88. The minimum atomic E-state index is -3.57. The number of aryl methyl sites for hydroxylation is 1. The number of sulfonamides is 1. The third-order valence-electron chi connectivity index (χ3n) is 2.45. The van der Waals surface area contributed by atoms with Crippen molar-refractivity contribution in [3.63, 3.8) is 0 Å². The molecule has 0 aliphatic carbocycles. The molecule has 0 heterocycles. The van der Waals surface area contributed by atoms with Crippen LogP contribution in [0.5, 0.6) is 0 Å². The maximum Gasteiger partial charge on any atom is 0.335 e. The lowest BCUT2D eigenvalue weighted by Gasteiger charge is -2.13. The summed E-state index contributed by atoms with van der Waals surface area (Å²) in [6.07, 6.45) is -0.443. The van der Waals surface area contributed by atoms with Gasteiger partial charge in [-0.15, -0.1) is 0 Å². The molecule has 2 N–H and O–H groups in total. The lowest BCUT2D eigenvalue weighted by Crippen LogP contribution is -2.25. The van der Waals surface area contributed by atoms with Crippen molar-refractivity contribution in [2.75, 3.05) is 17.6 Å². The van der Waals surface area contributed by atoms with Crippen molar-refractivity contribution in [1.82, 2.24) is 0 Å². The van der Waals surface area contributed by atoms with Crippen molar-refractivity contribution in [2.24, 2.45) is 0 Å². The first-order valence-electron chi connectivity index (χ1n) is 5.62. The van der Waals surface area contributed by atoms with Crippen LogP contribution in [0.4, 0.5) is 5.69 Å². The van der Waals surface area contributed by atoms with Gasteiger partial charge in [-0.25, -0.2) is 13.2 Å². The van der Waals surface area contributed by atoms with E-state index in [0.29, 0.717) is 5.56 Å². The second-order valence-electron chi connectivity index (χ2n) is 4.32. The largest absolute Gasteiger partial charge is 0.478 e. The van der Waals surface area contributed by atoms with Crippen LogP contribution in [0.25, 0.3) is 0 Å². The molecule has 1 atom stereocenters. The van der Waals surface area contributed by atoms with Crippen LogP contribution in [0.1, 0.15) is 22.8 Å². The van der Waals surface area contributed by atoms with Crippen molar-refractivity contribution in [3.8, 4) is 0 Å². The van der Waals surface area contributed by atoms with E-state index in [-0.39, 0.29) is 17.0 Å².